The van der Waals surface area contributed by atoms with Crippen LogP contribution in [-0.4, -0.2) is 24.1 Å². The van der Waals surface area contributed by atoms with E-state index in [1.54, 1.807) is 60.7 Å². The molecule has 4 aromatic rings. The Hall–Kier alpha value is -4.46. The molecule has 4 rings (SSSR count). The largest absolute Gasteiger partial charge is 0.423 e. The van der Waals surface area contributed by atoms with Crippen molar-refractivity contribution in [3.05, 3.63) is 129 Å². The third-order valence-electron chi connectivity index (χ3n) is 4.97. The van der Waals surface area contributed by atoms with Crippen LogP contribution in [0.3, 0.4) is 0 Å². The summed E-state index contributed by atoms with van der Waals surface area (Å²) in [5.74, 6) is -1.50. The molecule has 1 amide bonds. The lowest BCUT2D eigenvalue weighted by molar-refractivity contribution is 0.0732. The summed E-state index contributed by atoms with van der Waals surface area (Å²) in [5.41, 5.74) is 3.66. The second kappa shape index (κ2) is 12.0. The fourth-order valence-electron chi connectivity index (χ4n) is 3.11. The summed E-state index contributed by atoms with van der Waals surface area (Å²) in [6.45, 7) is 0. The molecule has 1 N–H and O–H groups in total. The van der Waals surface area contributed by atoms with Crippen molar-refractivity contribution < 1.29 is 23.9 Å². The van der Waals surface area contributed by atoms with Gasteiger partial charge in [-0.3, -0.25) is 4.79 Å². The second-order valence-electron chi connectivity index (χ2n) is 7.54. The first-order valence-electron chi connectivity index (χ1n) is 10.9. The average molecular weight is 533 g/mol. The highest BCUT2D eigenvalue weighted by atomic mass is 35.5. The summed E-state index contributed by atoms with van der Waals surface area (Å²) in [7, 11) is 0. The zero-order valence-corrected chi connectivity index (χ0v) is 20.6. The van der Waals surface area contributed by atoms with Gasteiger partial charge in [-0.05, 0) is 54.6 Å². The number of nitrogens with zero attached hydrogens (tertiary/aromatic N) is 1. The van der Waals surface area contributed by atoms with Crippen LogP contribution in [0.15, 0.2) is 102 Å². The van der Waals surface area contributed by atoms with Crippen molar-refractivity contribution in [3.63, 3.8) is 0 Å². The second-order valence-corrected chi connectivity index (χ2v) is 8.35. The molecule has 0 aromatic heterocycles. The van der Waals surface area contributed by atoms with E-state index >= 15 is 0 Å². The van der Waals surface area contributed by atoms with E-state index in [2.05, 4.69) is 10.5 Å². The van der Waals surface area contributed by atoms with Gasteiger partial charge in [-0.2, -0.15) is 5.10 Å². The van der Waals surface area contributed by atoms with Gasteiger partial charge < -0.3 is 9.47 Å². The van der Waals surface area contributed by atoms with Crippen LogP contribution < -0.4 is 14.9 Å². The zero-order valence-electron chi connectivity index (χ0n) is 19.1. The minimum atomic E-state index is -0.623. The molecule has 0 aliphatic heterocycles. The Morgan fingerprint density at radius 2 is 1.30 bits per heavy atom. The third-order valence-corrected chi connectivity index (χ3v) is 5.71. The maximum atomic E-state index is 12.7. The number of amides is 1. The Morgan fingerprint density at radius 3 is 1.92 bits per heavy atom. The molecule has 0 aliphatic rings. The van der Waals surface area contributed by atoms with Crippen LogP contribution in [0.4, 0.5) is 0 Å². The molecule has 0 fully saturated rings. The summed E-state index contributed by atoms with van der Waals surface area (Å²) in [4.78, 5) is 37.5. The predicted octanol–water partition coefficient (Wildman–Crippen LogP) is 6.20. The summed E-state index contributed by atoms with van der Waals surface area (Å²) >= 11 is 11.8. The van der Waals surface area contributed by atoms with Crippen molar-refractivity contribution in [1.29, 1.82) is 0 Å². The Bertz CT molecular complexity index is 1470. The maximum absolute atomic E-state index is 12.7. The molecule has 0 spiro atoms. The molecule has 0 radical (unpaired) electrons. The van der Waals surface area contributed by atoms with Crippen LogP contribution in [0, 0.1) is 0 Å². The Kier molecular flexibility index (Phi) is 8.30. The van der Waals surface area contributed by atoms with Crippen molar-refractivity contribution in [1.82, 2.24) is 5.43 Å². The average Bonchev–Trinajstić information content (AvgIpc) is 2.92. The first kappa shape index (κ1) is 25.6. The van der Waals surface area contributed by atoms with E-state index in [0.717, 1.165) is 0 Å². The van der Waals surface area contributed by atoms with E-state index in [0.29, 0.717) is 21.7 Å². The van der Waals surface area contributed by atoms with Gasteiger partial charge in [-0.1, -0.05) is 59.6 Å². The monoisotopic (exact) mass is 532 g/mol. The molecule has 0 aliphatic carbocycles. The van der Waals surface area contributed by atoms with Gasteiger partial charge in [0.15, 0.2) is 0 Å². The number of carbonyl (C=O) groups is 3. The van der Waals surface area contributed by atoms with Crippen LogP contribution in [0.5, 0.6) is 11.5 Å². The summed E-state index contributed by atoms with van der Waals surface area (Å²) in [6, 6.07) is 25.7. The van der Waals surface area contributed by atoms with Gasteiger partial charge in [0.1, 0.15) is 11.5 Å². The molecule has 0 saturated heterocycles. The molecule has 7 nitrogen and oxygen atoms in total. The number of rotatable bonds is 7. The molecule has 9 heteroatoms. The maximum Gasteiger partial charge on any atom is 0.343 e. The van der Waals surface area contributed by atoms with E-state index in [4.69, 9.17) is 32.7 Å². The van der Waals surface area contributed by atoms with E-state index in [1.807, 2.05) is 0 Å². The number of hydrogen-bond acceptors (Lipinski definition) is 6. The Labute approximate surface area is 222 Å². The lowest BCUT2D eigenvalue weighted by Crippen LogP contribution is -2.17. The number of hydrazone groups is 1. The van der Waals surface area contributed by atoms with Crippen LogP contribution in [0.1, 0.15) is 36.6 Å². The molecular weight excluding hydrogens is 515 g/mol. The first-order valence-corrected chi connectivity index (χ1v) is 11.6. The van der Waals surface area contributed by atoms with Crippen molar-refractivity contribution in [2.45, 2.75) is 0 Å². The van der Waals surface area contributed by atoms with Crippen LogP contribution in [0.25, 0.3) is 0 Å². The SMILES string of the molecule is O=C(N/N=C\c1ccc(OC(=O)c2ccccc2)cc1OC(=O)c1ccccc1)c1ccc(Cl)c(Cl)c1. The van der Waals surface area contributed by atoms with Gasteiger partial charge in [0.25, 0.3) is 5.91 Å². The van der Waals surface area contributed by atoms with E-state index in [-0.39, 0.29) is 22.1 Å². The van der Waals surface area contributed by atoms with Gasteiger partial charge >= 0.3 is 11.9 Å². The van der Waals surface area contributed by atoms with E-state index in [9.17, 15) is 14.4 Å². The molecule has 184 valence electrons. The van der Waals surface area contributed by atoms with E-state index in [1.165, 1.54) is 42.6 Å². The van der Waals surface area contributed by atoms with Gasteiger partial charge in [0, 0.05) is 17.2 Å². The fourth-order valence-corrected chi connectivity index (χ4v) is 3.41. The highest BCUT2D eigenvalue weighted by Gasteiger charge is 2.15. The van der Waals surface area contributed by atoms with Gasteiger partial charge in [-0.15, -0.1) is 0 Å². The Balaban J connectivity index is 1.56. The predicted molar refractivity (Wildman–Crippen MR) is 141 cm³/mol. The minimum Gasteiger partial charge on any atom is -0.423 e. The van der Waals surface area contributed by atoms with Crippen LogP contribution in [0.2, 0.25) is 10.0 Å². The highest BCUT2D eigenvalue weighted by Crippen LogP contribution is 2.26. The van der Waals surface area contributed by atoms with Crippen molar-refractivity contribution in [3.8, 4) is 11.5 Å². The number of carbonyl (C=O) groups excluding carboxylic acids is 3. The first-order chi connectivity index (χ1) is 17.9. The van der Waals surface area contributed by atoms with Crippen molar-refractivity contribution in [2.75, 3.05) is 0 Å². The molecule has 0 bridgehead atoms. The molecule has 37 heavy (non-hydrogen) atoms. The smallest absolute Gasteiger partial charge is 0.343 e. The molecule has 4 aromatic carbocycles. The summed E-state index contributed by atoms with van der Waals surface area (Å²) in [6.07, 6.45) is 1.30. The lowest BCUT2D eigenvalue weighted by atomic mass is 10.2. The van der Waals surface area contributed by atoms with Crippen molar-refractivity contribution in [2.24, 2.45) is 5.10 Å². The highest BCUT2D eigenvalue weighted by molar-refractivity contribution is 6.42. The van der Waals surface area contributed by atoms with E-state index < -0.39 is 17.8 Å². The van der Waals surface area contributed by atoms with Gasteiger partial charge in [-0.25, -0.2) is 15.0 Å². The Morgan fingerprint density at radius 1 is 0.676 bits per heavy atom. The number of benzene rings is 4. The molecule has 0 unspecified atom stereocenters. The third kappa shape index (κ3) is 6.82. The normalized spacial score (nSPS) is 10.6. The summed E-state index contributed by atoms with van der Waals surface area (Å²) in [5, 5.41) is 4.50. The van der Waals surface area contributed by atoms with Gasteiger partial charge in [0.2, 0.25) is 0 Å². The number of hydrogen-bond donors (Lipinski definition) is 1. The lowest BCUT2D eigenvalue weighted by Gasteiger charge is -2.10. The minimum absolute atomic E-state index is 0.0692. The topological polar surface area (TPSA) is 94.1 Å². The zero-order chi connectivity index (χ0) is 26.2. The van der Waals surface area contributed by atoms with Gasteiger partial charge in [0.05, 0.1) is 27.4 Å². The van der Waals surface area contributed by atoms with Crippen LogP contribution in [-0.2, 0) is 0 Å². The standard InChI is InChI=1S/C28H18Cl2N2O5/c29-23-14-12-20(15-24(23)30)26(33)32-31-17-21-11-13-22(36-27(34)18-7-3-1-4-8-18)16-25(21)37-28(35)19-9-5-2-6-10-19/h1-17H,(H,32,33)/b31-17-. The van der Waals surface area contributed by atoms with Crippen molar-refractivity contribution >= 4 is 47.3 Å². The number of ether oxygens (including phenoxy) is 2. The molecule has 0 atom stereocenters. The summed E-state index contributed by atoms with van der Waals surface area (Å²) < 4.78 is 11.0. The quantitative estimate of drug-likeness (QED) is 0.132. The number of halogens is 2. The molecule has 0 saturated carbocycles. The molecule has 0 heterocycles. The van der Waals surface area contributed by atoms with Crippen LogP contribution >= 0.6 is 23.2 Å². The fraction of sp³-hybridized carbons (Fsp3) is 0. The number of nitrogens with one attached hydrogen (secondary N) is 1. The number of esters is 2. The molecular formula is C28H18Cl2N2O5.